The molecule has 1 atom stereocenters. The lowest BCUT2D eigenvalue weighted by molar-refractivity contribution is -0.152. The standard InChI is InChI=1S/C19H26N2O6S/c1-26-17-4-2-16(3-5-17)20-7-9-21(10-8-20)18(22)13-27-19(23)12-15-6-11-28(24,25)14-15/h2-5,15H,6-14H2,1H3/t15-/m1/s1. The SMILES string of the molecule is COc1ccc(N2CCN(C(=O)COC(=O)C[C@H]3CCS(=O)(=O)C3)CC2)cc1. The van der Waals surface area contributed by atoms with E-state index in [0.717, 1.165) is 11.4 Å². The van der Waals surface area contributed by atoms with Crippen LogP contribution in [-0.2, 0) is 24.2 Å². The lowest BCUT2D eigenvalue weighted by atomic mass is 10.1. The van der Waals surface area contributed by atoms with Crippen LogP contribution in [0.1, 0.15) is 12.8 Å². The van der Waals surface area contributed by atoms with Crippen molar-refractivity contribution in [2.75, 3.05) is 56.3 Å². The van der Waals surface area contributed by atoms with Gasteiger partial charge in [0.15, 0.2) is 16.4 Å². The third-order valence-corrected chi connectivity index (χ3v) is 7.05. The van der Waals surface area contributed by atoms with E-state index in [1.807, 2.05) is 24.3 Å². The summed E-state index contributed by atoms with van der Waals surface area (Å²) in [6.45, 7) is 2.23. The van der Waals surface area contributed by atoms with Crippen LogP contribution in [-0.4, -0.2) is 76.6 Å². The smallest absolute Gasteiger partial charge is 0.306 e. The molecule has 9 heteroatoms. The van der Waals surface area contributed by atoms with Gasteiger partial charge < -0.3 is 19.3 Å². The number of piperazine rings is 1. The third kappa shape index (κ3) is 5.37. The molecule has 154 valence electrons. The first kappa shape index (κ1) is 20.4. The minimum Gasteiger partial charge on any atom is -0.497 e. The average molecular weight is 410 g/mol. The maximum absolute atomic E-state index is 12.3. The van der Waals surface area contributed by atoms with Crippen molar-refractivity contribution in [2.45, 2.75) is 12.8 Å². The van der Waals surface area contributed by atoms with Crippen LogP contribution in [0.3, 0.4) is 0 Å². The van der Waals surface area contributed by atoms with Gasteiger partial charge >= 0.3 is 5.97 Å². The van der Waals surface area contributed by atoms with E-state index in [2.05, 4.69) is 4.90 Å². The summed E-state index contributed by atoms with van der Waals surface area (Å²) in [7, 11) is -1.39. The Morgan fingerprint density at radius 1 is 1.11 bits per heavy atom. The molecule has 28 heavy (non-hydrogen) atoms. The number of ether oxygens (including phenoxy) is 2. The topological polar surface area (TPSA) is 93.2 Å². The number of benzene rings is 1. The quantitative estimate of drug-likeness (QED) is 0.638. The van der Waals surface area contributed by atoms with Gasteiger partial charge in [-0.3, -0.25) is 9.59 Å². The largest absolute Gasteiger partial charge is 0.497 e. The summed E-state index contributed by atoms with van der Waals surface area (Å²) >= 11 is 0. The molecule has 0 bridgehead atoms. The molecule has 1 aromatic rings. The van der Waals surface area contributed by atoms with E-state index in [1.165, 1.54) is 0 Å². The van der Waals surface area contributed by atoms with Crippen molar-refractivity contribution in [2.24, 2.45) is 5.92 Å². The number of carbonyl (C=O) groups is 2. The maximum Gasteiger partial charge on any atom is 0.306 e. The Hall–Kier alpha value is -2.29. The first-order valence-corrected chi connectivity index (χ1v) is 11.2. The minimum atomic E-state index is -3.02. The fraction of sp³-hybridized carbons (Fsp3) is 0.579. The Morgan fingerprint density at radius 2 is 1.79 bits per heavy atom. The van der Waals surface area contributed by atoms with E-state index in [4.69, 9.17) is 9.47 Å². The zero-order valence-corrected chi connectivity index (χ0v) is 16.8. The van der Waals surface area contributed by atoms with Crippen molar-refractivity contribution in [3.8, 4) is 5.75 Å². The van der Waals surface area contributed by atoms with Gasteiger partial charge in [-0.15, -0.1) is 0 Å². The number of hydrogen-bond donors (Lipinski definition) is 0. The summed E-state index contributed by atoms with van der Waals surface area (Å²) in [5.74, 6) is 0.0374. The highest BCUT2D eigenvalue weighted by molar-refractivity contribution is 7.91. The Kier molecular flexibility index (Phi) is 6.43. The average Bonchev–Trinajstić information content (AvgIpc) is 3.04. The second-order valence-corrected chi connectivity index (χ2v) is 9.43. The molecule has 0 aliphatic carbocycles. The molecule has 0 N–H and O–H groups in total. The van der Waals surface area contributed by atoms with Crippen LogP contribution in [0.15, 0.2) is 24.3 Å². The molecule has 2 saturated heterocycles. The molecule has 0 spiro atoms. The van der Waals surface area contributed by atoms with E-state index in [1.54, 1.807) is 12.0 Å². The van der Waals surface area contributed by atoms with Crippen LogP contribution in [0.4, 0.5) is 5.69 Å². The summed E-state index contributed by atoms with van der Waals surface area (Å²) < 4.78 is 33.1. The number of anilines is 1. The van der Waals surface area contributed by atoms with E-state index in [9.17, 15) is 18.0 Å². The molecule has 0 unspecified atom stereocenters. The molecule has 2 aliphatic rings. The van der Waals surface area contributed by atoms with Gasteiger partial charge in [-0.2, -0.15) is 0 Å². The summed E-state index contributed by atoms with van der Waals surface area (Å²) in [5, 5.41) is 0. The second kappa shape index (κ2) is 8.81. The zero-order chi connectivity index (χ0) is 20.1. The summed E-state index contributed by atoms with van der Waals surface area (Å²) in [6.07, 6.45) is 0.538. The van der Waals surface area contributed by atoms with Gasteiger partial charge in [0, 0.05) is 38.3 Å². The number of amides is 1. The van der Waals surface area contributed by atoms with Crippen molar-refractivity contribution in [1.29, 1.82) is 0 Å². The number of methoxy groups -OCH3 is 1. The Morgan fingerprint density at radius 3 is 2.36 bits per heavy atom. The Bertz CT molecular complexity index is 800. The Balaban J connectivity index is 1.39. The molecule has 2 aliphatic heterocycles. The fourth-order valence-electron chi connectivity index (χ4n) is 3.57. The van der Waals surface area contributed by atoms with Crippen molar-refractivity contribution >= 4 is 27.4 Å². The van der Waals surface area contributed by atoms with Crippen molar-refractivity contribution in [3.05, 3.63) is 24.3 Å². The lowest BCUT2D eigenvalue weighted by Crippen LogP contribution is -2.49. The lowest BCUT2D eigenvalue weighted by Gasteiger charge is -2.36. The van der Waals surface area contributed by atoms with Gasteiger partial charge in [0.1, 0.15) is 5.75 Å². The highest BCUT2D eigenvalue weighted by Crippen LogP contribution is 2.22. The molecular weight excluding hydrogens is 384 g/mol. The number of esters is 1. The van der Waals surface area contributed by atoms with Crippen LogP contribution in [0, 0.1) is 5.92 Å². The van der Waals surface area contributed by atoms with E-state index in [0.29, 0.717) is 32.6 Å². The van der Waals surface area contributed by atoms with E-state index >= 15 is 0 Å². The van der Waals surface area contributed by atoms with E-state index < -0.39 is 15.8 Å². The molecule has 0 saturated carbocycles. The normalized spacial score (nSPS) is 21.4. The third-order valence-electron chi connectivity index (χ3n) is 5.21. The number of sulfone groups is 1. The predicted molar refractivity (Wildman–Crippen MR) is 104 cm³/mol. The van der Waals surface area contributed by atoms with Crippen LogP contribution in [0.5, 0.6) is 5.75 Å². The van der Waals surface area contributed by atoms with Crippen LogP contribution in [0.2, 0.25) is 0 Å². The van der Waals surface area contributed by atoms with Gasteiger partial charge in [0.25, 0.3) is 5.91 Å². The van der Waals surface area contributed by atoms with Crippen molar-refractivity contribution < 1.29 is 27.5 Å². The zero-order valence-electron chi connectivity index (χ0n) is 16.0. The van der Waals surface area contributed by atoms with Crippen LogP contribution in [0.25, 0.3) is 0 Å². The Labute approximate surface area is 165 Å². The summed E-state index contributed by atoms with van der Waals surface area (Å²) in [4.78, 5) is 28.0. The number of carbonyl (C=O) groups excluding carboxylic acids is 2. The van der Waals surface area contributed by atoms with Crippen molar-refractivity contribution in [1.82, 2.24) is 4.90 Å². The molecule has 0 aromatic heterocycles. The monoisotopic (exact) mass is 410 g/mol. The van der Waals surface area contributed by atoms with Gasteiger partial charge in [-0.25, -0.2) is 8.42 Å². The maximum atomic E-state index is 12.3. The molecule has 0 radical (unpaired) electrons. The molecule has 1 amide bonds. The van der Waals surface area contributed by atoms with E-state index in [-0.39, 0.29) is 36.4 Å². The number of rotatable bonds is 6. The molecule has 3 rings (SSSR count). The molecule has 8 nitrogen and oxygen atoms in total. The minimum absolute atomic E-state index is 0.0311. The van der Waals surface area contributed by atoms with Gasteiger partial charge in [-0.05, 0) is 36.6 Å². The molecule has 1 aromatic carbocycles. The first-order valence-electron chi connectivity index (χ1n) is 9.39. The highest BCUT2D eigenvalue weighted by Gasteiger charge is 2.30. The van der Waals surface area contributed by atoms with Gasteiger partial charge in [0.2, 0.25) is 0 Å². The summed E-state index contributed by atoms with van der Waals surface area (Å²) in [6, 6.07) is 7.78. The van der Waals surface area contributed by atoms with Gasteiger partial charge in [0.05, 0.1) is 18.6 Å². The van der Waals surface area contributed by atoms with Gasteiger partial charge in [-0.1, -0.05) is 0 Å². The molecular formula is C19H26N2O6S. The van der Waals surface area contributed by atoms with Crippen LogP contribution >= 0.6 is 0 Å². The number of hydrogen-bond acceptors (Lipinski definition) is 7. The highest BCUT2D eigenvalue weighted by atomic mass is 32.2. The number of nitrogens with zero attached hydrogens (tertiary/aromatic N) is 2. The van der Waals surface area contributed by atoms with Crippen LogP contribution < -0.4 is 9.64 Å². The molecule has 2 fully saturated rings. The fourth-order valence-corrected chi connectivity index (χ4v) is 5.43. The molecule has 2 heterocycles. The second-order valence-electron chi connectivity index (χ2n) is 7.20. The van der Waals surface area contributed by atoms with Crippen molar-refractivity contribution in [3.63, 3.8) is 0 Å². The summed E-state index contributed by atoms with van der Waals surface area (Å²) in [5.41, 5.74) is 1.07. The first-order chi connectivity index (χ1) is 13.4. The predicted octanol–water partition coefficient (Wildman–Crippen LogP) is 0.712.